The highest BCUT2D eigenvalue weighted by atomic mass is 16.3. The molecule has 46 heavy (non-hydrogen) atoms. The third-order valence-corrected chi connectivity index (χ3v) is 9.43. The van der Waals surface area contributed by atoms with Gasteiger partial charge in [-0.2, -0.15) is 0 Å². The summed E-state index contributed by atoms with van der Waals surface area (Å²) in [5.41, 5.74) is 0. The van der Waals surface area contributed by atoms with E-state index >= 15 is 0 Å². The summed E-state index contributed by atoms with van der Waals surface area (Å²) in [6.45, 7) is 4.31. The Bertz CT molecular complexity index is 661. The Morgan fingerprint density at radius 3 is 1.20 bits per heavy atom. The number of carbonyl (C=O) groups is 1. The van der Waals surface area contributed by atoms with E-state index in [1.807, 2.05) is 6.08 Å². The van der Waals surface area contributed by atoms with Crippen molar-refractivity contribution in [2.75, 3.05) is 6.61 Å². The van der Waals surface area contributed by atoms with E-state index in [9.17, 15) is 15.0 Å². The summed E-state index contributed by atoms with van der Waals surface area (Å²) in [5, 5.41) is 23.0. The molecule has 0 aromatic carbocycles. The second kappa shape index (κ2) is 38.3. The number of hydrogen-bond donors (Lipinski definition) is 3. The first-order valence-electron chi connectivity index (χ1n) is 20.6. The molecule has 0 saturated carbocycles. The van der Waals surface area contributed by atoms with Gasteiger partial charge in [0.2, 0.25) is 5.91 Å². The number of allylic oxidation sites excluding steroid dienone is 3. The molecule has 0 aromatic rings. The standard InChI is InChI=1S/C42H81NO3/c1-3-5-7-9-11-13-15-17-19-20-21-22-24-26-28-30-32-34-36-38-42(46)43-40(39-44)41(45)37-35-33-31-29-27-25-23-18-16-14-12-10-8-6-4-2/h20-21,35,37,40-41,44-45H,3-19,22-34,36,38-39H2,1-2H3,(H,43,46)/b21-20-,37-35+. The monoisotopic (exact) mass is 648 g/mol. The summed E-state index contributed by atoms with van der Waals surface area (Å²) in [7, 11) is 0. The van der Waals surface area contributed by atoms with Crippen molar-refractivity contribution in [3.8, 4) is 0 Å². The van der Waals surface area contributed by atoms with Crippen LogP contribution in [0.1, 0.15) is 219 Å². The van der Waals surface area contributed by atoms with Crippen LogP contribution in [0.15, 0.2) is 24.3 Å². The fraction of sp³-hybridized carbons (Fsp3) is 0.881. The largest absolute Gasteiger partial charge is 0.394 e. The molecule has 0 bridgehead atoms. The number of amides is 1. The van der Waals surface area contributed by atoms with Crippen LogP contribution in [0.25, 0.3) is 0 Å². The highest BCUT2D eigenvalue weighted by Gasteiger charge is 2.17. The molecule has 2 unspecified atom stereocenters. The maximum Gasteiger partial charge on any atom is 0.220 e. The van der Waals surface area contributed by atoms with Gasteiger partial charge in [-0.05, 0) is 44.9 Å². The lowest BCUT2D eigenvalue weighted by Crippen LogP contribution is -2.45. The summed E-state index contributed by atoms with van der Waals surface area (Å²) < 4.78 is 0. The minimum absolute atomic E-state index is 0.0678. The van der Waals surface area contributed by atoms with Crippen LogP contribution in [0.2, 0.25) is 0 Å². The number of hydrogen-bond acceptors (Lipinski definition) is 3. The van der Waals surface area contributed by atoms with Crippen LogP contribution >= 0.6 is 0 Å². The third kappa shape index (κ3) is 34.2. The highest BCUT2D eigenvalue weighted by molar-refractivity contribution is 5.76. The van der Waals surface area contributed by atoms with Gasteiger partial charge in [0, 0.05) is 6.42 Å². The summed E-state index contributed by atoms with van der Waals surface area (Å²) >= 11 is 0. The minimum atomic E-state index is -0.837. The molecule has 0 aliphatic carbocycles. The molecule has 272 valence electrons. The van der Waals surface area contributed by atoms with Crippen LogP contribution in [0.3, 0.4) is 0 Å². The van der Waals surface area contributed by atoms with Crippen molar-refractivity contribution in [3.63, 3.8) is 0 Å². The van der Waals surface area contributed by atoms with E-state index < -0.39 is 12.1 Å². The lowest BCUT2D eigenvalue weighted by Gasteiger charge is -2.20. The van der Waals surface area contributed by atoms with E-state index in [1.54, 1.807) is 6.08 Å². The molecule has 1 amide bonds. The molecule has 0 aliphatic heterocycles. The Morgan fingerprint density at radius 2 is 0.826 bits per heavy atom. The molecule has 4 nitrogen and oxygen atoms in total. The maximum absolute atomic E-state index is 12.3. The Hall–Kier alpha value is -1.13. The van der Waals surface area contributed by atoms with Crippen LogP contribution in [-0.2, 0) is 4.79 Å². The molecule has 3 N–H and O–H groups in total. The number of aliphatic hydroxyl groups is 2. The topological polar surface area (TPSA) is 69.6 Å². The van der Waals surface area contributed by atoms with Crippen LogP contribution in [0.4, 0.5) is 0 Å². The first kappa shape index (κ1) is 44.9. The maximum atomic E-state index is 12.3. The van der Waals surface area contributed by atoms with Crippen molar-refractivity contribution in [2.45, 2.75) is 231 Å². The lowest BCUT2D eigenvalue weighted by molar-refractivity contribution is -0.123. The van der Waals surface area contributed by atoms with Gasteiger partial charge in [0.25, 0.3) is 0 Å². The third-order valence-electron chi connectivity index (χ3n) is 9.43. The number of rotatable bonds is 37. The van der Waals surface area contributed by atoms with Gasteiger partial charge in [0.15, 0.2) is 0 Å². The fourth-order valence-electron chi connectivity index (χ4n) is 6.23. The zero-order chi connectivity index (χ0) is 33.6. The predicted octanol–water partition coefficient (Wildman–Crippen LogP) is 12.5. The van der Waals surface area contributed by atoms with Gasteiger partial charge in [0.1, 0.15) is 0 Å². The Balaban J connectivity index is 3.58. The molecule has 0 aliphatic rings. The summed E-state index contributed by atoms with van der Waals surface area (Å²) in [5.74, 6) is -0.0678. The number of carbonyl (C=O) groups excluding carboxylic acids is 1. The van der Waals surface area contributed by atoms with Gasteiger partial charge >= 0.3 is 0 Å². The Labute approximate surface area is 288 Å². The van der Waals surface area contributed by atoms with E-state index in [0.29, 0.717) is 6.42 Å². The number of unbranched alkanes of at least 4 members (excludes halogenated alkanes) is 28. The fourth-order valence-corrected chi connectivity index (χ4v) is 6.23. The predicted molar refractivity (Wildman–Crippen MR) is 202 cm³/mol. The molecular weight excluding hydrogens is 566 g/mol. The van der Waals surface area contributed by atoms with Crippen molar-refractivity contribution in [2.24, 2.45) is 0 Å². The SMILES string of the molecule is CCCCCCCCCC/C=C\CCCCCCCCCC(=O)NC(CO)C(O)/C=C/CCCCCCCCCCCCCCC. The Kier molecular flexibility index (Phi) is 37.4. The zero-order valence-corrected chi connectivity index (χ0v) is 31.1. The van der Waals surface area contributed by atoms with Crippen LogP contribution in [-0.4, -0.2) is 34.9 Å². The van der Waals surface area contributed by atoms with E-state index in [0.717, 1.165) is 25.7 Å². The molecule has 0 aromatic heterocycles. The molecule has 4 heteroatoms. The van der Waals surface area contributed by atoms with Crippen LogP contribution < -0.4 is 5.32 Å². The first-order chi connectivity index (χ1) is 22.7. The molecule has 0 fully saturated rings. The van der Waals surface area contributed by atoms with Gasteiger partial charge in [-0.15, -0.1) is 0 Å². The van der Waals surface area contributed by atoms with Gasteiger partial charge < -0.3 is 15.5 Å². The first-order valence-corrected chi connectivity index (χ1v) is 20.6. The number of aliphatic hydroxyl groups excluding tert-OH is 2. The average molecular weight is 648 g/mol. The molecule has 0 rings (SSSR count). The van der Waals surface area contributed by atoms with Gasteiger partial charge in [-0.25, -0.2) is 0 Å². The van der Waals surface area contributed by atoms with E-state index in [4.69, 9.17) is 0 Å². The summed E-state index contributed by atoms with van der Waals surface area (Å²) in [6.07, 6.45) is 48.4. The van der Waals surface area contributed by atoms with E-state index in [2.05, 4.69) is 31.3 Å². The van der Waals surface area contributed by atoms with Crippen molar-refractivity contribution in [3.05, 3.63) is 24.3 Å². The average Bonchev–Trinajstić information content (AvgIpc) is 3.06. The zero-order valence-electron chi connectivity index (χ0n) is 31.1. The van der Waals surface area contributed by atoms with Crippen LogP contribution in [0, 0.1) is 0 Å². The van der Waals surface area contributed by atoms with Crippen molar-refractivity contribution in [1.82, 2.24) is 5.32 Å². The Morgan fingerprint density at radius 1 is 0.500 bits per heavy atom. The lowest BCUT2D eigenvalue weighted by atomic mass is 10.0. The second-order valence-corrected chi connectivity index (χ2v) is 14.1. The van der Waals surface area contributed by atoms with Crippen LogP contribution in [0.5, 0.6) is 0 Å². The van der Waals surface area contributed by atoms with E-state index in [-0.39, 0.29) is 12.5 Å². The van der Waals surface area contributed by atoms with Gasteiger partial charge in [-0.3, -0.25) is 4.79 Å². The normalized spacial score (nSPS) is 13.2. The quantitative estimate of drug-likeness (QED) is 0.0464. The molecular formula is C42H81NO3. The van der Waals surface area contributed by atoms with E-state index in [1.165, 1.54) is 173 Å². The molecule has 0 spiro atoms. The van der Waals surface area contributed by atoms with Crippen molar-refractivity contribution < 1.29 is 15.0 Å². The molecule has 0 radical (unpaired) electrons. The smallest absolute Gasteiger partial charge is 0.220 e. The molecule has 0 saturated heterocycles. The summed E-state index contributed by atoms with van der Waals surface area (Å²) in [4.78, 5) is 12.3. The van der Waals surface area contributed by atoms with Gasteiger partial charge in [0.05, 0.1) is 18.8 Å². The summed E-state index contributed by atoms with van der Waals surface area (Å²) in [6, 6.07) is -0.621. The van der Waals surface area contributed by atoms with Crippen molar-refractivity contribution in [1.29, 1.82) is 0 Å². The minimum Gasteiger partial charge on any atom is -0.394 e. The van der Waals surface area contributed by atoms with Gasteiger partial charge in [-0.1, -0.05) is 192 Å². The molecule has 0 heterocycles. The van der Waals surface area contributed by atoms with Crippen molar-refractivity contribution >= 4 is 5.91 Å². The highest BCUT2D eigenvalue weighted by Crippen LogP contribution is 2.14. The number of nitrogens with one attached hydrogen (secondary N) is 1. The second-order valence-electron chi connectivity index (χ2n) is 14.1. The molecule has 2 atom stereocenters.